The number of amides is 1. The van der Waals surface area contributed by atoms with Crippen LogP contribution in [0.2, 0.25) is 0 Å². The van der Waals surface area contributed by atoms with Gasteiger partial charge < -0.3 is 19.5 Å². The Morgan fingerprint density at radius 3 is 2.75 bits per heavy atom. The minimum Gasteiger partial charge on any atom is -0.459 e. The lowest BCUT2D eigenvalue weighted by atomic mass is 10.0. The quantitative estimate of drug-likeness (QED) is 0.612. The third-order valence-corrected chi connectivity index (χ3v) is 5.49. The maximum atomic E-state index is 12.5. The fraction of sp³-hybridized carbons (Fsp3) is 0.368. The molecule has 0 aliphatic carbocycles. The number of aromatic nitrogens is 2. The van der Waals surface area contributed by atoms with E-state index in [1.807, 2.05) is 13.8 Å². The number of esters is 1. The van der Waals surface area contributed by atoms with E-state index in [1.54, 1.807) is 19.9 Å². The Labute approximate surface area is 164 Å². The maximum Gasteiger partial charge on any atom is 0.329 e. The second-order valence-corrected chi connectivity index (χ2v) is 7.96. The highest BCUT2D eigenvalue weighted by molar-refractivity contribution is 7.18. The van der Waals surface area contributed by atoms with Gasteiger partial charge in [0.05, 0.1) is 11.6 Å². The smallest absolute Gasteiger partial charge is 0.329 e. The van der Waals surface area contributed by atoms with Crippen LogP contribution in [0.3, 0.4) is 0 Å². The van der Waals surface area contributed by atoms with Crippen molar-refractivity contribution in [1.82, 2.24) is 15.3 Å². The zero-order chi connectivity index (χ0) is 20.4. The summed E-state index contributed by atoms with van der Waals surface area (Å²) in [5.41, 5.74) is 0.641. The Morgan fingerprint density at radius 2 is 2.11 bits per heavy atom. The Morgan fingerprint density at radius 1 is 1.36 bits per heavy atom. The van der Waals surface area contributed by atoms with Gasteiger partial charge in [-0.1, -0.05) is 13.8 Å². The standard InChI is InChI=1S/C19H21N3O5S/c1-9(2)15(22-16(23)12-6-5-7-26-12)19(25)27-8-13-20-17(24)14-10(3)11(4)28-18(14)21-13/h5-7,9,15H,8H2,1-4H3,(H,22,23)(H,20,21,24)/t15-/m1/s1. The normalized spacial score (nSPS) is 12.3. The van der Waals surface area contributed by atoms with Gasteiger partial charge >= 0.3 is 5.97 Å². The molecule has 1 atom stereocenters. The largest absolute Gasteiger partial charge is 0.459 e. The Bertz CT molecular complexity index is 1070. The van der Waals surface area contributed by atoms with E-state index >= 15 is 0 Å². The summed E-state index contributed by atoms with van der Waals surface area (Å²) in [5, 5.41) is 3.17. The monoisotopic (exact) mass is 403 g/mol. The molecule has 0 aliphatic rings. The average molecular weight is 403 g/mol. The number of nitrogens with one attached hydrogen (secondary N) is 2. The predicted octanol–water partition coefficient (Wildman–Crippen LogP) is 2.69. The zero-order valence-electron chi connectivity index (χ0n) is 16.0. The minimum absolute atomic E-state index is 0.110. The molecule has 9 heteroatoms. The summed E-state index contributed by atoms with van der Waals surface area (Å²) in [6.07, 6.45) is 1.38. The molecule has 3 aromatic rings. The number of carbonyl (C=O) groups is 2. The van der Waals surface area contributed by atoms with Crippen LogP contribution in [0.15, 0.2) is 27.6 Å². The molecular weight excluding hydrogens is 382 g/mol. The lowest BCUT2D eigenvalue weighted by molar-refractivity contribution is -0.148. The third-order valence-electron chi connectivity index (χ3n) is 4.39. The van der Waals surface area contributed by atoms with Crippen LogP contribution in [0.25, 0.3) is 10.2 Å². The molecule has 0 aliphatic heterocycles. The van der Waals surface area contributed by atoms with Gasteiger partial charge in [-0.05, 0) is 37.5 Å². The van der Waals surface area contributed by atoms with Crippen molar-refractivity contribution in [2.24, 2.45) is 5.92 Å². The number of nitrogens with zero attached hydrogens (tertiary/aromatic N) is 1. The molecule has 0 unspecified atom stereocenters. The molecule has 0 spiro atoms. The van der Waals surface area contributed by atoms with Crippen molar-refractivity contribution in [3.8, 4) is 0 Å². The molecule has 148 valence electrons. The average Bonchev–Trinajstić information content (AvgIpc) is 3.26. The van der Waals surface area contributed by atoms with Gasteiger partial charge in [-0.2, -0.15) is 0 Å². The van der Waals surface area contributed by atoms with Crippen LogP contribution >= 0.6 is 11.3 Å². The number of aryl methyl sites for hydroxylation is 2. The number of hydrogen-bond acceptors (Lipinski definition) is 7. The molecule has 2 N–H and O–H groups in total. The summed E-state index contributed by atoms with van der Waals surface area (Å²) in [6, 6.07) is 2.23. The van der Waals surface area contributed by atoms with E-state index in [0.717, 1.165) is 10.4 Å². The molecular formula is C19H21N3O5S. The van der Waals surface area contributed by atoms with Crippen molar-refractivity contribution in [1.29, 1.82) is 0 Å². The fourth-order valence-corrected chi connectivity index (χ4v) is 3.76. The summed E-state index contributed by atoms with van der Waals surface area (Å²) in [5.74, 6) is -0.955. The van der Waals surface area contributed by atoms with Crippen molar-refractivity contribution in [2.75, 3.05) is 0 Å². The molecule has 8 nitrogen and oxygen atoms in total. The fourth-order valence-electron chi connectivity index (χ4n) is 2.71. The lowest BCUT2D eigenvalue weighted by Gasteiger charge is -2.20. The van der Waals surface area contributed by atoms with Crippen LogP contribution in [0.1, 0.15) is 40.7 Å². The number of furan rings is 1. The summed E-state index contributed by atoms with van der Waals surface area (Å²) in [7, 11) is 0. The van der Waals surface area contributed by atoms with Gasteiger partial charge in [-0.25, -0.2) is 9.78 Å². The highest BCUT2D eigenvalue weighted by Gasteiger charge is 2.27. The molecule has 0 fully saturated rings. The Balaban J connectivity index is 1.71. The van der Waals surface area contributed by atoms with Crippen molar-refractivity contribution in [3.05, 3.63) is 50.8 Å². The van der Waals surface area contributed by atoms with E-state index in [2.05, 4.69) is 15.3 Å². The summed E-state index contributed by atoms with van der Waals surface area (Å²) in [4.78, 5) is 45.6. The number of thiophene rings is 1. The molecule has 3 heterocycles. The summed E-state index contributed by atoms with van der Waals surface area (Å²) < 4.78 is 10.3. The first-order chi connectivity index (χ1) is 13.3. The van der Waals surface area contributed by atoms with Gasteiger partial charge in [-0.15, -0.1) is 11.3 Å². The van der Waals surface area contributed by atoms with E-state index in [4.69, 9.17) is 9.15 Å². The van der Waals surface area contributed by atoms with Crippen molar-refractivity contribution < 1.29 is 18.7 Å². The number of H-pyrrole nitrogens is 1. The van der Waals surface area contributed by atoms with Gasteiger partial charge in [0.2, 0.25) is 0 Å². The van der Waals surface area contributed by atoms with Crippen molar-refractivity contribution in [3.63, 3.8) is 0 Å². The molecule has 3 aromatic heterocycles. The topological polar surface area (TPSA) is 114 Å². The molecule has 0 radical (unpaired) electrons. The van der Waals surface area contributed by atoms with Crippen LogP contribution in [0.4, 0.5) is 0 Å². The van der Waals surface area contributed by atoms with E-state index < -0.39 is 17.9 Å². The number of fused-ring (bicyclic) bond motifs is 1. The van der Waals surface area contributed by atoms with Crippen molar-refractivity contribution >= 4 is 33.4 Å². The zero-order valence-corrected chi connectivity index (χ0v) is 16.8. The summed E-state index contributed by atoms with van der Waals surface area (Å²) in [6.45, 7) is 7.19. The van der Waals surface area contributed by atoms with Gasteiger partial charge in [-0.3, -0.25) is 9.59 Å². The molecule has 0 saturated heterocycles. The van der Waals surface area contributed by atoms with Gasteiger partial charge in [0.25, 0.3) is 11.5 Å². The first kappa shape index (κ1) is 19.8. The Hall–Kier alpha value is -2.94. The Kier molecular flexibility index (Phi) is 5.64. The van der Waals surface area contributed by atoms with E-state index in [0.29, 0.717) is 10.2 Å². The number of aromatic amines is 1. The lowest BCUT2D eigenvalue weighted by Crippen LogP contribution is -2.45. The first-order valence-corrected chi connectivity index (χ1v) is 9.59. The van der Waals surface area contributed by atoms with Crippen molar-refractivity contribution in [2.45, 2.75) is 40.3 Å². The summed E-state index contributed by atoms with van der Waals surface area (Å²) >= 11 is 1.42. The third kappa shape index (κ3) is 3.99. The second kappa shape index (κ2) is 7.97. The van der Waals surface area contributed by atoms with E-state index in [1.165, 1.54) is 23.7 Å². The van der Waals surface area contributed by atoms with Crippen LogP contribution in [0, 0.1) is 19.8 Å². The SMILES string of the molecule is Cc1sc2nc(COC(=O)[C@H](NC(=O)c3ccco3)C(C)C)[nH]c(=O)c2c1C. The van der Waals surface area contributed by atoms with Crippen LogP contribution in [-0.4, -0.2) is 27.9 Å². The van der Waals surface area contributed by atoms with Crippen LogP contribution in [-0.2, 0) is 16.1 Å². The van der Waals surface area contributed by atoms with Crippen LogP contribution in [0.5, 0.6) is 0 Å². The van der Waals surface area contributed by atoms with Gasteiger partial charge in [0.15, 0.2) is 5.76 Å². The minimum atomic E-state index is -0.862. The number of hydrogen-bond donors (Lipinski definition) is 2. The predicted molar refractivity (Wildman–Crippen MR) is 104 cm³/mol. The van der Waals surface area contributed by atoms with Gasteiger partial charge in [0, 0.05) is 4.88 Å². The number of rotatable bonds is 6. The number of carbonyl (C=O) groups excluding carboxylic acids is 2. The molecule has 0 bridgehead atoms. The van der Waals surface area contributed by atoms with Crippen LogP contribution < -0.4 is 10.9 Å². The first-order valence-electron chi connectivity index (χ1n) is 8.77. The van der Waals surface area contributed by atoms with Gasteiger partial charge in [0.1, 0.15) is 23.3 Å². The van der Waals surface area contributed by atoms with E-state index in [-0.39, 0.29) is 29.7 Å². The second-order valence-electron chi connectivity index (χ2n) is 6.76. The molecule has 1 amide bonds. The molecule has 28 heavy (non-hydrogen) atoms. The molecule has 3 rings (SSSR count). The molecule has 0 saturated carbocycles. The highest BCUT2D eigenvalue weighted by Crippen LogP contribution is 2.25. The number of ether oxygens (including phenoxy) is 1. The van der Waals surface area contributed by atoms with E-state index in [9.17, 15) is 14.4 Å². The molecule has 0 aromatic carbocycles. The highest BCUT2D eigenvalue weighted by atomic mass is 32.1. The maximum absolute atomic E-state index is 12.5.